The zero-order valence-electron chi connectivity index (χ0n) is 31.6. The number of carbonyl (C=O) groups is 3. The topological polar surface area (TPSA) is 130 Å². The van der Waals surface area contributed by atoms with Gasteiger partial charge in [-0.2, -0.15) is 0 Å². The normalized spacial score (nSPS) is 20.3. The quantitative estimate of drug-likeness (QED) is 0.125. The van der Waals surface area contributed by atoms with Crippen molar-refractivity contribution in [3.05, 3.63) is 108 Å². The van der Waals surface area contributed by atoms with Gasteiger partial charge in [0.1, 0.15) is 17.7 Å². The molecule has 3 aliphatic rings. The zero-order chi connectivity index (χ0) is 38.1. The van der Waals surface area contributed by atoms with Crippen LogP contribution in [0.5, 0.6) is 0 Å². The Balaban J connectivity index is 0.968. The van der Waals surface area contributed by atoms with Crippen LogP contribution in [0.15, 0.2) is 91.3 Å². The second kappa shape index (κ2) is 15.9. The van der Waals surface area contributed by atoms with Crippen molar-refractivity contribution in [2.45, 2.75) is 62.0 Å². The SMILES string of the molecule is CNC(=O)CCC1SC[C@@H](c2ncc(-c3ccc(-c4ccc(-c5cnc([C@@H]6CCCN6C(=O)C6CC6)[nH]5)cc4)cc3)[nH]2)N1C(=O)C(c1ccccc1)N(C)C. The molecule has 3 N–H and O–H groups in total. The first-order valence-corrected chi connectivity index (χ1v) is 20.3. The Kier molecular flexibility index (Phi) is 10.6. The molecule has 2 saturated heterocycles. The Labute approximate surface area is 326 Å². The first-order valence-electron chi connectivity index (χ1n) is 19.3. The van der Waals surface area contributed by atoms with E-state index in [0.29, 0.717) is 18.6 Å². The smallest absolute Gasteiger partial charge is 0.246 e. The number of likely N-dealkylation sites (N-methyl/N-ethyl adjacent to an activating group) is 1. The minimum Gasteiger partial charge on any atom is -0.359 e. The number of likely N-dealkylation sites (tertiary alicyclic amines) is 1. The predicted octanol–water partition coefficient (Wildman–Crippen LogP) is 6.98. The van der Waals surface area contributed by atoms with Crippen molar-refractivity contribution in [3.63, 3.8) is 0 Å². The van der Waals surface area contributed by atoms with E-state index in [0.717, 1.165) is 83.1 Å². The fourth-order valence-electron chi connectivity index (χ4n) is 7.98. The summed E-state index contributed by atoms with van der Waals surface area (Å²) in [5, 5.41) is 2.56. The number of rotatable bonds is 12. The van der Waals surface area contributed by atoms with Crippen LogP contribution in [0.3, 0.4) is 0 Å². The summed E-state index contributed by atoms with van der Waals surface area (Å²) < 4.78 is 0. The highest BCUT2D eigenvalue weighted by Crippen LogP contribution is 2.43. The van der Waals surface area contributed by atoms with Crippen LogP contribution in [0.1, 0.15) is 73.9 Å². The third-order valence-electron chi connectivity index (χ3n) is 11.1. The van der Waals surface area contributed by atoms with E-state index in [1.54, 1.807) is 18.8 Å². The van der Waals surface area contributed by atoms with Gasteiger partial charge in [-0.3, -0.25) is 19.3 Å². The summed E-state index contributed by atoms with van der Waals surface area (Å²) in [6.07, 6.45) is 8.62. The van der Waals surface area contributed by atoms with E-state index in [1.165, 1.54) is 0 Å². The van der Waals surface area contributed by atoms with Gasteiger partial charge in [-0.25, -0.2) is 9.97 Å². The number of imidazole rings is 2. The molecule has 2 aromatic heterocycles. The van der Waals surface area contributed by atoms with E-state index in [-0.39, 0.29) is 41.1 Å². The molecule has 8 rings (SSSR count). The van der Waals surface area contributed by atoms with Crippen LogP contribution in [0.25, 0.3) is 33.6 Å². The fourth-order valence-corrected chi connectivity index (χ4v) is 9.40. The first-order chi connectivity index (χ1) is 26.8. The molecular formula is C43H48N8O3S. The molecule has 0 radical (unpaired) electrons. The van der Waals surface area contributed by atoms with Gasteiger partial charge in [0.15, 0.2) is 0 Å². The van der Waals surface area contributed by atoms with Gasteiger partial charge in [0.05, 0.1) is 41.2 Å². The Hall–Kier alpha value is -5.20. The molecule has 3 aromatic carbocycles. The first kappa shape index (κ1) is 36.8. The summed E-state index contributed by atoms with van der Waals surface area (Å²) in [6.45, 7) is 0.818. The number of nitrogens with one attached hydrogen (secondary N) is 3. The number of nitrogens with zero attached hydrogens (tertiary/aromatic N) is 5. The summed E-state index contributed by atoms with van der Waals surface area (Å²) >= 11 is 1.70. The molecule has 2 unspecified atom stereocenters. The standard InChI is InChI=1S/C43H48N8O3S/c1-44-37(52)21-22-38-51(43(54)39(49(2)3)31-8-5-4-6-9-31)36(26-55-38)41-46-25-34(48-41)30-17-13-28(14-18-30)27-11-15-29(16-12-27)33-24-45-40(47-33)35-10-7-23-50(35)42(53)32-19-20-32/h4-6,8-9,11-18,24-25,32,35-36,38-39H,7,10,19-23,26H2,1-3H3,(H,44,52)(H,45,47)(H,46,48)/t35-,36-,38?,39?/m0/s1. The maximum atomic E-state index is 14.5. The second-order valence-electron chi connectivity index (χ2n) is 15.0. The Morgan fingerprint density at radius 1 is 0.818 bits per heavy atom. The number of thioether (sulfide) groups is 1. The van der Waals surface area contributed by atoms with Gasteiger partial charge < -0.3 is 25.1 Å². The summed E-state index contributed by atoms with van der Waals surface area (Å²) in [6, 6.07) is 26.0. The number of carbonyl (C=O) groups excluding carboxylic acids is 3. The van der Waals surface area contributed by atoms with Crippen molar-refractivity contribution in [2.24, 2.45) is 5.92 Å². The van der Waals surface area contributed by atoms with Crippen molar-refractivity contribution in [1.29, 1.82) is 0 Å². The fraction of sp³-hybridized carbons (Fsp3) is 0.372. The lowest BCUT2D eigenvalue weighted by molar-refractivity contribution is -0.139. The number of hydrogen-bond donors (Lipinski definition) is 3. The van der Waals surface area contributed by atoms with Crippen LogP contribution >= 0.6 is 11.8 Å². The highest BCUT2D eigenvalue weighted by Gasteiger charge is 2.43. The third-order valence-corrected chi connectivity index (χ3v) is 12.5. The van der Waals surface area contributed by atoms with Crippen molar-refractivity contribution in [1.82, 2.24) is 40.0 Å². The van der Waals surface area contributed by atoms with Crippen LogP contribution in [-0.4, -0.2) is 91.2 Å². The van der Waals surface area contributed by atoms with E-state index < -0.39 is 6.04 Å². The highest BCUT2D eigenvalue weighted by atomic mass is 32.2. The largest absolute Gasteiger partial charge is 0.359 e. The highest BCUT2D eigenvalue weighted by molar-refractivity contribution is 8.00. The number of amides is 3. The van der Waals surface area contributed by atoms with E-state index in [2.05, 4.69) is 63.8 Å². The van der Waals surface area contributed by atoms with Gasteiger partial charge in [0.2, 0.25) is 17.7 Å². The molecule has 4 atom stereocenters. The van der Waals surface area contributed by atoms with Gasteiger partial charge in [0.25, 0.3) is 0 Å². The molecule has 1 saturated carbocycles. The molecule has 3 fully saturated rings. The predicted molar refractivity (Wildman–Crippen MR) is 215 cm³/mol. The molecule has 5 aromatic rings. The molecule has 0 spiro atoms. The van der Waals surface area contributed by atoms with Crippen LogP contribution in [-0.2, 0) is 14.4 Å². The lowest BCUT2D eigenvalue weighted by atomic mass is 10.0. The monoisotopic (exact) mass is 756 g/mol. The lowest BCUT2D eigenvalue weighted by Crippen LogP contribution is -2.44. The lowest BCUT2D eigenvalue weighted by Gasteiger charge is -2.34. The number of aromatic amines is 2. The van der Waals surface area contributed by atoms with Crippen LogP contribution < -0.4 is 5.32 Å². The van der Waals surface area contributed by atoms with Crippen LogP contribution in [0.4, 0.5) is 0 Å². The average molecular weight is 757 g/mol. The minimum atomic E-state index is -0.468. The summed E-state index contributed by atoms with van der Waals surface area (Å²) in [4.78, 5) is 62.0. The molecule has 0 bridgehead atoms. The Morgan fingerprint density at radius 3 is 1.96 bits per heavy atom. The molecular weight excluding hydrogens is 709 g/mol. The van der Waals surface area contributed by atoms with E-state index >= 15 is 0 Å². The van der Waals surface area contributed by atoms with Crippen molar-refractivity contribution < 1.29 is 14.4 Å². The van der Waals surface area contributed by atoms with E-state index in [1.807, 2.05) is 71.5 Å². The molecule has 11 nitrogen and oxygen atoms in total. The molecule has 1 aliphatic carbocycles. The van der Waals surface area contributed by atoms with Crippen molar-refractivity contribution in [2.75, 3.05) is 33.4 Å². The number of aromatic nitrogens is 4. The van der Waals surface area contributed by atoms with Gasteiger partial charge in [0, 0.05) is 31.7 Å². The molecule has 3 amide bonds. The van der Waals surface area contributed by atoms with Gasteiger partial charge in [-0.1, -0.05) is 78.9 Å². The molecule has 12 heteroatoms. The Morgan fingerprint density at radius 2 is 1.40 bits per heavy atom. The van der Waals surface area contributed by atoms with Gasteiger partial charge in [-0.05, 0) is 74.0 Å². The van der Waals surface area contributed by atoms with E-state index in [9.17, 15) is 14.4 Å². The maximum absolute atomic E-state index is 14.5. The maximum Gasteiger partial charge on any atom is 0.246 e. The van der Waals surface area contributed by atoms with Crippen molar-refractivity contribution in [3.8, 4) is 33.6 Å². The Bertz CT molecular complexity index is 2130. The number of benzene rings is 3. The van der Waals surface area contributed by atoms with Gasteiger partial charge in [-0.15, -0.1) is 11.8 Å². The minimum absolute atomic E-state index is 0.00443. The molecule has 2 aliphatic heterocycles. The molecule has 4 heterocycles. The second-order valence-corrected chi connectivity index (χ2v) is 16.2. The average Bonchev–Trinajstić information content (AvgIpc) is 3.62. The summed E-state index contributed by atoms with van der Waals surface area (Å²) in [5.74, 6) is 2.76. The number of hydrogen-bond acceptors (Lipinski definition) is 7. The summed E-state index contributed by atoms with van der Waals surface area (Å²) in [7, 11) is 5.49. The number of H-pyrrole nitrogens is 2. The van der Waals surface area contributed by atoms with Gasteiger partial charge >= 0.3 is 0 Å². The third kappa shape index (κ3) is 7.70. The molecule has 284 valence electrons. The summed E-state index contributed by atoms with van der Waals surface area (Å²) in [5.41, 5.74) is 7.01. The molecule has 55 heavy (non-hydrogen) atoms. The van der Waals surface area contributed by atoms with E-state index in [4.69, 9.17) is 9.97 Å². The zero-order valence-corrected chi connectivity index (χ0v) is 32.4. The van der Waals surface area contributed by atoms with Crippen LogP contribution in [0, 0.1) is 5.92 Å². The van der Waals surface area contributed by atoms with Crippen molar-refractivity contribution >= 4 is 29.5 Å². The van der Waals surface area contributed by atoms with Crippen LogP contribution in [0.2, 0.25) is 0 Å².